The molecular formula is C48H87N19O16S. The minimum Gasteiger partial charge on any atom is -0.481 e. The number of nitrogens with two attached hydrogens (primary N) is 7. The van der Waals surface area contributed by atoms with Crippen LogP contribution in [0, 0.1) is 5.92 Å². The maximum absolute atomic E-state index is 14.3. The molecule has 0 saturated carbocycles. The molecule has 0 aromatic heterocycles. The number of carbonyl (C=O) groups is 13. The Balaban J connectivity index is 6.78. The smallest absolute Gasteiger partial charge is 0.326 e. The van der Waals surface area contributed by atoms with Crippen molar-refractivity contribution >= 4 is 101 Å². The Morgan fingerprint density at radius 2 is 0.940 bits per heavy atom. The Kier molecular flexibility index (Phi) is 37.0. The summed E-state index contributed by atoms with van der Waals surface area (Å²) >= 11 is 1.30. The molecule has 0 aromatic carbocycles. The number of carboxylic acid groups (broad SMARTS) is 2. The van der Waals surface area contributed by atoms with Gasteiger partial charge in [0.2, 0.25) is 65.0 Å². The summed E-state index contributed by atoms with van der Waals surface area (Å²) in [6.07, 6.45) is 0.273. The number of nitrogens with one attached hydrogen (secondary N) is 10. The number of hydrogen-bond donors (Lipinski definition) is 20. The number of carbonyl (C=O) groups excluding carboxylic acids is 11. The predicted molar refractivity (Wildman–Crippen MR) is 306 cm³/mol. The molecule has 36 heteroatoms. The fourth-order valence-electron chi connectivity index (χ4n) is 7.33. The molecule has 0 aliphatic heterocycles. The Hall–Kier alpha value is -8.12. The van der Waals surface area contributed by atoms with Gasteiger partial charge in [-0.15, -0.1) is 0 Å². The molecule has 0 rings (SSSR count). The lowest BCUT2D eigenvalue weighted by molar-refractivity contribution is -0.143. The summed E-state index contributed by atoms with van der Waals surface area (Å²) < 4.78 is 0. The van der Waals surface area contributed by atoms with Gasteiger partial charge in [-0.25, -0.2) is 4.79 Å². The summed E-state index contributed by atoms with van der Waals surface area (Å²) in [4.78, 5) is 177. The van der Waals surface area contributed by atoms with Gasteiger partial charge in [-0.05, 0) is 96.1 Å². The summed E-state index contributed by atoms with van der Waals surface area (Å²) in [5.41, 5.74) is 38.4. The maximum atomic E-state index is 14.3. The van der Waals surface area contributed by atoms with E-state index in [0.29, 0.717) is 12.8 Å². The van der Waals surface area contributed by atoms with E-state index in [4.69, 9.17) is 45.2 Å². The minimum absolute atomic E-state index is 0.0118. The van der Waals surface area contributed by atoms with Crippen LogP contribution in [0.3, 0.4) is 0 Å². The fourth-order valence-corrected chi connectivity index (χ4v) is 7.80. The summed E-state index contributed by atoms with van der Waals surface area (Å²) in [5.74, 6) is -14.5. The molecule has 35 nitrogen and oxygen atoms in total. The highest BCUT2D eigenvalue weighted by Gasteiger charge is 2.36. The fraction of sp³-hybridized carbons (Fsp3) is 0.688. The monoisotopic (exact) mass is 1220 g/mol. The van der Waals surface area contributed by atoms with Crippen molar-refractivity contribution < 1.29 is 77.6 Å². The molecule has 10 atom stereocenters. The molecule has 0 radical (unpaired) electrons. The second-order valence-electron chi connectivity index (χ2n) is 19.5. The summed E-state index contributed by atoms with van der Waals surface area (Å²) in [6.45, 7) is 4.08. The normalized spacial score (nSPS) is 14.4. The first-order valence-electron chi connectivity index (χ1n) is 26.8. The van der Waals surface area contributed by atoms with Crippen molar-refractivity contribution in [2.45, 2.75) is 159 Å². The number of aliphatic hydroxyl groups is 1. The number of aliphatic imine (C=N–C) groups is 2. The molecule has 84 heavy (non-hydrogen) atoms. The molecule has 0 fully saturated rings. The van der Waals surface area contributed by atoms with Gasteiger partial charge in [0, 0.05) is 19.5 Å². The molecule has 0 aliphatic carbocycles. The van der Waals surface area contributed by atoms with E-state index in [9.17, 15) is 72.5 Å². The highest BCUT2D eigenvalue weighted by atomic mass is 32.2. The van der Waals surface area contributed by atoms with E-state index in [1.54, 1.807) is 6.26 Å². The zero-order valence-corrected chi connectivity index (χ0v) is 48.7. The molecule has 0 saturated heterocycles. The van der Waals surface area contributed by atoms with Crippen LogP contribution in [0.4, 0.5) is 0 Å². The van der Waals surface area contributed by atoms with Crippen LogP contribution in [0.15, 0.2) is 9.98 Å². The van der Waals surface area contributed by atoms with Gasteiger partial charge in [-0.1, -0.05) is 13.8 Å². The Morgan fingerprint density at radius 1 is 0.500 bits per heavy atom. The van der Waals surface area contributed by atoms with Gasteiger partial charge in [0.25, 0.3) is 0 Å². The number of aliphatic carboxylic acids is 2. The third kappa shape index (κ3) is 31.9. The number of aliphatic hydroxyl groups excluding tert-OH is 1. The molecule has 0 aliphatic rings. The number of unbranched alkanes of at least 4 members (excludes halogenated alkanes) is 1. The van der Waals surface area contributed by atoms with Crippen LogP contribution < -0.4 is 93.3 Å². The highest BCUT2D eigenvalue weighted by Crippen LogP contribution is 2.11. The Bertz CT molecular complexity index is 2300. The van der Waals surface area contributed by atoms with E-state index in [0.717, 1.165) is 0 Å². The molecule has 27 N–H and O–H groups in total. The van der Waals surface area contributed by atoms with Gasteiger partial charge >= 0.3 is 11.9 Å². The summed E-state index contributed by atoms with van der Waals surface area (Å²) in [5, 5.41) is 52.7. The third-order valence-electron chi connectivity index (χ3n) is 11.9. The molecule has 0 unspecified atom stereocenters. The molecule has 476 valence electrons. The number of primary amides is 1. The SMILES string of the molecule is CSCC[C@H](NC(=O)[C@H](CCCN=C(N)N)NC(=O)[C@H](CCCN=C(N)N)NC(=O)[C@@H](NC(=O)[C@H](CO)NC(=O)[C@H](CC(N)=O)NC(=O)[C@H](CCCCN)NC(=O)CNC(=O)[C@H](C)N)C(C)C)C(=O)N[C@@H](C)C(=O)N[C@@H](CCC(=O)O)C(=O)O. The van der Waals surface area contributed by atoms with Gasteiger partial charge in [-0.3, -0.25) is 67.5 Å². The molecule has 0 aromatic rings. The van der Waals surface area contributed by atoms with Crippen molar-refractivity contribution in [2.24, 2.45) is 56.0 Å². The van der Waals surface area contributed by atoms with E-state index in [1.165, 1.54) is 39.5 Å². The number of carboxylic acids is 2. The maximum Gasteiger partial charge on any atom is 0.326 e. The zero-order valence-electron chi connectivity index (χ0n) is 47.9. The molecule has 0 heterocycles. The minimum atomic E-state index is -1.86. The highest BCUT2D eigenvalue weighted by molar-refractivity contribution is 7.98. The van der Waals surface area contributed by atoms with Crippen LogP contribution in [0.25, 0.3) is 0 Å². The van der Waals surface area contributed by atoms with Gasteiger partial charge in [0.1, 0.15) is 54.4 Å². The van der Waals surface area contributed by atoms with Crippen molar-refractivity contribution in [1.29, 1.82) is 0 Å². The molecule has 11 amide bonds. The van der Waals surface area contributed by atoms with E-state index < -0.39 is 176 Å². The number of amides is 11. The molecule has 0 bridgehead atoms. The van der Waals surface area contributed by atoms with Crippen LogP contribution >= 0.6 is 11.8 Å². The van der Waals surface area contributed by atoms with Crippen molar-refractivity contribution in [1.82, 2.24) is 53.2 Å². The number of guanidine groups is 2. The zero-order chi connectivity index (χ0) is 64.2. The summed E-state index contributed by atoms with van der Waals surface area (Å²) in [7, 11) is 0. The molecular weight excluding hydrogens is 1130 g/mol. The predicted octanol–water partition coefficient (Wildman–Crippen LogP) is -8.70. The van der Waals surface area contributed by atoms with Crippen molar-refractivity contribution in [2.75, 3.05) is 44.8 Å². The second kappa shape index (κ2) is 41.0. The lowest BCUT2D eigenvalue weighted by atomic mass is 10.0. The Morgan fingerprint density at radius 3 is 1.39 bits per heavy atom. The van der Waals surface area contributed by atoms with Crippen LogP contribution in [0.2, 0.25) is 0 Å². The first kappa shape index (κ1) is 75.9. The van der Waals surface area contributed by atoms with E-state index in [-0.39, 0.29) is 75.8 Å². The summed E-state index contributed by atoms with van der Waals surface area (Å²) in [6, 6.07) is -14.8. The number of rotatable bonds is 43. The number of hydrogen-bond acceptors (Lipinski definition) is 19. The quantitative estimate of drug-likeness (QED) is 0.0153. The van der Waals surface area contributed by atoms with Crippen molar-refractivity contribution in [3.8, 4) is 0 Å². The average Bonchev–Trinajstić information content (AvgIpc) is 3.62. The van der Waals surface area contributed by atoms with Crippen LogP contribution in [-0.4, -0.2) is 209 Å². The van der Waals surface area contributed by atoms with Gasteiger partial charge in [0.15, 0.2) is 11.9 Å². The topological polar surface area (TPSA) is 610 Å². The average molecular weight is 1220 g/mol. The van der Waals surface area contributed by atoms with Crippen molar-refractivity contribution in [3.63, 3.8) is 0 Å². The Labute approximate surface area is 489 Å². The van der Waals surface area contributed by atoms with Gasteiger partial charge in [-0.2, -0.15) is 11.8 Å². The van der Waals surface area contributed by atoms with Crippen LogP contribution in [0.1, 0.15) is 98.3 Å². The van der Waals surface area contributed by atoms with E-state index in [1.807, 2.05) is 0 Å². The lowest BCUT2D eigenvalue weighted by Crippen LogP contribution is -2.61. The van der Waals surface area contributed by atoms with E-state index >= 15 is 0 Å². The van der Waals surface area contributed by atoms with Crippen molar-refractivity contribution in [3.05, 3.63) is 0 Å². The first-order valence-corrected chi connectivity index (χ1v) is 28.2. The largest absolute Gasteiger partial charge is 0.481 e. The first-order chi connectivity index (χ1) is 39.4. The van der Waals surface area contributed by atoms with Gasteiger partial charge < -0.3 is 109 Å². The standard InChI is InChI=1S/C48H87N19O16S/c1-23(2)36(67-44(80)32(22-68)66-43(79)31(20-33(51)69)65-40(76)26(10-6-7-16-49)60-34(70)21-58-37(73)24(3)50)45(81)63-28(12-9-18-57-48(54)55)42(78)61-27(11-8-17-56-47(52)53)41(77)62-29(15-19-84-5)39(75)59-25(4)38(74)64-30(46(82)83)13-14-35(71)72/h23-32,36,68H,6-22,49-50H2,1-5H3,(H2,51,69)(H,58,73)(H,59,75)(H,60,70)(H,61,78)(H,62,77)(H,63,81)(H,64,74)(H,65,76)(H,66,79)(H,67,80)(H,71,72)(H,82,83)(H4,52,53,56)(H4,54,55,57)/t24-,25-,26-,27-,28-,29-,30-,31-,32-,36-/m0/s1. The third-order valence-corrected chi connectivity index (χ3v) is 12.6. The van der Waals surface area contributed by atoms with Crippen LogP contribution in [0.5, 0.6) is 0 Å². The molecule has 0 spiro atoms. The van der Waals surface area contributed by atoms with Gasteiger partial charge in [0.05, 0.1) is 25.6 Å². The number of thioether (sulfide) groups is 1. The number of nitrogens with zero attached hydrogens (tertiary/aromatic N) is 2. The lowest BCUT2D eigenvalue weighted by Gasteiger charge is -2.29. The van der Waals surface area contributed by atoms with E-state index in [2.05, 4.69) is 63.2 Å². The van der Waals surface area contributed by atoms with Crippen LogP contribution in [-0.2, 0) is 62.3 Å². The second-order valence-corrected chi connectivity index (χ2v) is 20.5.